The molecule has 0 aliphatic carbocycles. The van der Waals surface area contributed by atoms with Gasteiger partial charge in [0.05, 0.1) is 7.11 Å². The number of halogens is 1. The lowest BCUT2D eigenvalue weighted by molar-refractivity contribution is -0.121. The number of methoxy groups -OCH3 is 1. The molecule has 0 aliphatic rings. The molecule has 0 aliphatic heterocycles. The average molecular weight is 229 g/mol. The molecule has 0 heterocycles. The van der Waals surface area contributed by atoms with E-state index in [1.807, 2.05) is 0 Å². The maximum absolute atomic E-state index is 11.3. The molecule has 1 rings (SSSR count). The zero-order valence-corrected chi connectivity index (χ0v) is 9.34. The summed E-state index contributed by atoms with van der Waals surface area (Å²) >= 11 is 5.96. The van der Waals surface area contributed by atoms with Gasteiger partial charge in [0.15, 0.2) is 0 Å². The van der Waals surface area contributed by atoms with Crippen LogP contribution in [0.1, 0.15) is 11.6 Å². The van der Waals surface area contributed by atoms with Gasteiger partial charge < -0.3 is 15.8 Å². The minimum Gasteiger partial charge on any atom is -0.497 e. The van der Waals surface area contributed by atoms with Crippen LogP contribution >= 0.6 is 11.6 Å². The average Bonchev–Trinajstić information content (AvgIpc) is 2.26. The summed E-state index contributed by atoms with van der Waals surface area (Å²) in [5, 5.41) is 2.89. The second-order valence-electron chi connectivity index (χ2n) is 2.98. The second kappa shape index (κ2) is 5.00. The molecule has 0 saturated carbocycles. The summed E-state index contributed by atoms with van der Waals surface area (Å²) in [7, 11) is 3.07. The number of nitrogens with two attached hydrogens (primary N) is 1. The van der Waals surface area contributed by atoms with E-state index in [1.54, 1.807) is 25.3 Å². The standard InChI is InChI=1S/C10H13ClN2O2/c1-13-10(14)9(12)7-4-3-6(15-2)5-8(7)11/h3-5,9H,12H2,1-2H3,(H,13,14). The van der Waals surface area contributed by atoms with Gasteiger partial charge in [0.1, 0.15) is 11.8 Å². The predicted molar refractivity (Wildman–Crippen MR) is 59.0 cm³/mol. The quantitative estimate of drug-likeness (QED) is 0.814. The zero-order chi connectivity index (χ0) is 11.4. The molecule has 0 spiro atoms. The first-order chi connectivity index (χ1) is 7.10. The lowest BCUT2D eigenvalue weighted by Crippen LogP contribution is -2.31. The monoisotopic (exact) mass is 228 g/mol. The Morgan fingerprint density at radius 1 is 1.60 bits per heavy atom. The van der Waals surface area contributed by atoms with Gasteiger partial charge in [-0.25, -0.2) is 0 Å². The third kappa shape index (κ3) is 2.61. The Labute approximate surface area is 93.4 Å². The van der Waals surface area contributed by atoms with Crippen LogP contribution in [0, 0.1) is 0 Å². The molecule has 15 heavy (non-hydrogen) atoms. The zero-order valence-electron chi connectivity index (χ0n) is 8.58. The van der Waals surface area contributed by atoms with E-state index in [-0.39, 0.29) is 5.91 Å². The molecule has 1 unspecified atom stereocenters. The first-order valence-corrected chi connectivity index (χ1v) is 4.78. The van der Waals surface area contributed by atoms with Gasteiger partial charge in [-0.3, -0.25) is 4.79 Å². The van der Waals surface area contributed by atoms with Crippen molar-refractivity contribution >= 4 is 17.5 Å². The highest BCUT2D eigenvalue weighted by Gasteiger charge is 2.17. The van der Waals surface area contributed by atoms with Crippen molar-refractivity contribution in [1.82, 2.24) is 5.32 Å². The number of carbonyl (C=O) groups excluding carboxylic acids is 1. The van der Waals surface area contributed by atoms with Crippen LogP contribution in [-0.2, 0) is 4.79 Å². The Kier molecular flexibility index (Phi) is 3.94. The largest absolute Gasteiger partial charge is 0.497 e. The van der Waals surface area contributed by atoms with Crippen molar-refractivity contribution in [2.24, 2.45) is 5.73 Å². The van der Waals surface area contributed by atoms with E-state index in [9.17, 15) is 4.79 Å². The number of hydrogen-bond acceptors (Lipinski definition) is 3. The molecule has 1 aromatic rings. The number of carbonyl (C=O) groups is 1. The van der Waals surface area contributed by atoms with Crippen LogP contribution in [0.15, 0.2) is 18.2 Å². The highest BCUT2D eigenvalue weighted by Crippen LogP contribution is 2.26. The maximum atomic E-state index is 11.3. The van der Waals surface area contributed by atoms with Crippen molar-refractivity contribution in [3.8, 4) is 5.75 Å². The van der Waals surface area contributed by atoms with Crippen LogP contribution in [0.3, 0.4) is 0 Å². The summed E-state index contributed by atoms with van der Waals surface area (Å²) in [5.74, 6) is 0.356. The second-order valence-corrected chi connectivity index (χ2v) is 3.39. The van der Waals surface area contributed by atoms with E-state index < -0.39 is 6.04 Å². The van der Waals surface area contributed by atoms with Crippen LogP contribution in [0.5, 0.6) is 5.75 Å². The number of rotatable bonds is 3. The first kappa shape index (κ1) is 11.8. The molecule has 1 atom stereocenters. The molecule has 0 radical (unpaired) electrons. The highest BCUT2D eigenvalue weighted by molar-refractivity contribution is 6.31. The summed E-state index contributed by atoms with van der Waals surface area (Å²) < 4.78 is 4.99. The lowest BCUT2D eigenvalue weighted by Gasteiger charge is -2.12. The fraction of sp³-hybridized carbons (Fsp3) is 0.300. The van der Waals surface area contributed by atoms with Crippen molar-refractivity contribution in [2.75, 3.05) is 14.2 Å². The summed E-state index contributed by atoms with van der Waals surface area (Å²) in [6.07, 6.45) is 0. The normalized spacial score (nSPS) is 12.0. The molecule has 3 N–H and O–H groups in total. The van der Waals surface area contributed by atoms with Crippen LogP contribution in [-0.4, -0.2) is 20.1 Å². The van der Waals surface area contributed by atoms with Crippen molar-refractivity contribution in [3.05, 3.63) is 28.8 Å². The van der Waals surface area contributed by atoms with Crippen LogP contribution in [0.25, 0.3) is 0 Å². The van der Waals surface area contributed by atoms with E-state index in [2.05, 4.69) is 5.32 Å². The topological polar surface area (TPSA) is 64.4 Å². The van der Waals surface area contributed by atoms with Gasteiger partial charge in [0, 0.05) is 12.1 Å². The molecule has 4 nitrogen and oxygen atoms in total. The SMILES string of the molecule is CNC(=O)C(N)c1ccc(OC)cc1Cl. The summed E-state index contributed by atoms with van der Waals surface area (Å²) in [4.78, 5) is 11.3. The summed E-state index contributed by atoms with van der Waals surface area (Å²) in [6, 6.07) is 4.26. The first-order valence-electron chi connectivity index (χ1n) is 4.40. The van der Waals surface area contributed by atoms with Gasteiger partial charge in [-0.2, -0.15) is 0 Å². The van der Waals surface area contributed by atoms with Crippen LogP contribution in [0.4, 0.5) is 0 Å². The molecule has 82 valence electrons. The molecule has 0 fully saturated rings. The van der Waals surface area contributed by atoms with Crippen molar-refractivity contribution in [1.29, 1.82) is 0 Å². The third-order valence-electron chi connectivity index (χ3n) is 2.07. The number of likely N-dealkylation sites (N-methyl/N-ethyl adjacent to an activating group) is 1. The van der Waals surface area contributed by atoms with Gasteiger partial charge in [0.2, 0.25) is 5.91 Å². The Bertz CT molecular complexity index is 368. The highest BCUT2D eigenvalue weighted by atomic mass is 35.5. The molecule has 1 amide bonds. The van der Waals surface area contributed by atoms with Gasteiger partial charge >= 0.3 is 0 Å². The predicted octanol–water partition coefficient (Wildman–Crippen LogP) is 1.09. The number of ether oxygens (including phenoxy) is 1. The minimum atomic E-state index is -0.756. The van der Waals surface area contributed by atoms with Crippen molar-refractivity contribution < 1.29 is 9.53 Å². The van der Waals surface area contributed by atoms with Crippen LogP contribution < -0.4 is 15.8 Å². The smallest absolute Gasteiger partial charge is 0.241 e. The van der Waals surface area contributed by atoms with E-state index in [1.165, 1.54) is 7.05 Å². The van der Waals surface area contributed by atoms with E-state index in [0.29, 0.717) is 16.3 Å². The van der Waals surface area contributed by atoms with Gasteiger partial charge in [-0.1, -0.05) is 17.7 Å². The number of benzene rings is 1. The molecule has 0 saturated heterocycles. The Hall–Kier alpha value is -1.26. The molecular formula is C10H13ClN2O2. The van der Waals surface area contributed by atoms with Gasteiger partial charge in [-0.15, -0.1) is 0 Å². The molecular weight excluding hydrogens is 216 g/mol. The molecule has 0 bridgehead atoms. The minimum absolute atomic E-state index is 0.276. The lowest BCUT2D eigenvalue weighted by atomic mass is 10.1. The summed E-state index contributed by atoms with van der Waals surface area (Å²) in [6.45, 7) is 0. The summed E-state index contributed by atoms with van der Waals surface area (Å²) in [5.41, 5.74) is 6.28. The number of nitrogens with one attached hydrogen (secondary N) is 1. The van der Waals surface area contributed by atoms with E-state index >= 15 is 0 Å². The fourth-order valence-electron chi connectivity index (χ4n) is 1.18. The molecule has 1 aromatic carbocycles. The van der Waals surface area contributed by atoms with Gasteiger partial charge in [-0.05, 0) is 17.7 Å². The molecule has 0 aromatic heterocycles. The Morgan fingerprint density at radius 2 is 2.27 bits per heavy atom. The Balaban J connectivity index is 3.00. The van der Waals surface area contributed by atoms with E-state index in [4.69, 9.17) is 22.1 Å². The number of hydrogen-bond donors (Lipinski definition) is 2. The van der Waals surface area contributed by atoms with E-state index in [0.717, 1.165) is 0 Å². The van der Waals surface area contributed by atoms with Gasteiger partial charge in [0.25, 0.3) is 0 Å². The van der Waals surface area contributed by atoms with Crippen molar-refractivity contribution in [2.45, 2.75) is 6.04 Å². The fourth-order valence-corrected chi connectivity index (χ4v) is 1.47. The maximum Gasteiger partial charge on any atom is 0.241 e. The van der Waals surface area contributed by atoms with Crippen molar-refractivity contribution in [3.63, 3.8) is 0 Å². The Morgan fingerprint density at radius 3 is 2.73 bits per heavy atom. The third-order valence-corrected chi connectivity index (χ3v) is 2.40. The molecule has 5 heteroatoms. The van der Waals surface area contributed by atoms with Crippen LogP contribution in [0.2, 0.25) is 5.02 Å². The number of amides is 1.